The lowest BCUT2D eigenvalue weighted by Crippen LogP contribution is -2.29. The van der Waals surface area contributed by atoms with Crippen molar-refractivity contribution >= 4 is 45.6 Å². The summed E-state index contributed by atoms with van der Waals surface area (Å²) < 4.78 is 1.95. The average Bonchev–Trinajstić information content (AvgIpc) is 3.39. The van der Waals surface area contributed by atoms with Crippen LogP contribution in [0.5, 0.6) is 0 Å². The van der Waals surface area contributed by atoms with Crippen LogP contribution in [0.1, 0.15) is 30.5 Å². The van der Waals surface area contributed by atoms with Crippen molar-refractivity contribution in [3.05, 3.63) is 89.6 Å². The summed E-state index contributed by atoms with van der Waals surface area (Å²) in [6.07, 6.45) is 11.1. The molecule has 0 saturated carbocycles. The van der Waals surface area contributed by atoms with Crippen molar-refractivity contribution in [3.63, 3.8) is 0 Å². The zero-order chi connectivity index (χ0) is 27.5. The van der Waals surface area contributed by atoms with E-state index in [1.165, 1.54) is 31.0 Å². The standard InChI is InChI=1S/C31H28ClN7S/c1-38-14-11-34-31(38)40-29-10-8-24(16-27(29)32)37-30-23(17-33)19-36-28-15-21(6-9-26(28)30)22-5-7-25(35-18-22)20-39-12-3-2-4-13-39/h5-11,14-16,18-19H,2-4,12-13,20H2,1H3,(H,36,37). The topological polar surface area (TPSA) is 82.7 Å². The molecule has 1 aliphatic rings. The van der Waals surface area contributed by atoms with Gasteiger partial charge in [0, 0.05) is 59.9 Å². The summed E-state index contributed by atoms with van der Waals surface area (Å²) in [7, 11) is 1.95. The van der Waals surface area contributed by atoms with E-state index >= 15 is 0 Å². The van der Waals surface area contributed by atoms with Crippen molar-refractivity contribution in [2.75, 3.05) is 18.4 Å². The van der Waals surface area contributed by atoms with E-state index in [1.807, 2.05) is 54.3 Å². The van der Waals surface area contributed by atoms with E-state index in [4.69, 9.17) is 16.6 Å². The third-order valence-electron chi connectivity index (χ3n) is 7.16. The molecule has 0 atom stereocenters. The number of fused-ring (bicyclic) bond motifs is 1. The van der Waals surface area contributed by atoms with Gasteiger partial charge in [-0.1, -0.05) is 48.0 Å². The molecule has 0 aliphatic carbocycles. The zero-order valence-corrected chi connectivity index (χ0v) is 23.7. The molecule has 40 heavy (non-hydrogen) atoms. The second kappa shape index (κ2) is 11.7. The van der Waals surface area contributed by atoms with Crippen LogP contribution in [0.15, 0.2) is 83.4 Å². The Bertz CT molecular complexity index is 1700. The van der Waals surface area contributed by atoms with Gasteiger partial charge in [0.25, 0.3) is 0 Å². The first kappa shape index (κ1) is 26.3. The molecule has 4 heterocycles. The summed E-state index contributed by atoms with van der Waals surface area (Å²) in [5.74, 6) is 0. The lowest BCUT2D eigenvalue weighted by atomic mass is 10.0. The minimum absolute atomic E-state index is 0.464. The highest BCUT2D eigenvalue weighted by Gasteiger charge is 2.14. The van der Waals surface area contributed by atoms with Gasteiger partial charge in [0.1, 0.15) is 6.07 Å². The molecule has 1 saturated heterocycles. The number of rotatable bonds is 7. The highest BCUT2D eigenvalue weighted by molar-refractivity contribution is 7.99. The van der Waals surface area contributed by atoms with Crippen LogP contribution in [0.2, 0.25) is 5.02 Å². The Kier molecular flexibility index (Phi) is 7.69. The Balaban J connectivity index is 1.24. The lowest BCUT2D eigenvalue weighted by Gasteiger charge is -2.25. The third kappa shape index (κ3) is 5.68. The molecule has 9 heteroatoms. The number of hydrogen-bond acceptors (Lipinski definition) is 7. The van der Waals surface area contributed by atoms with E-state index in [1.54, 1.807) is 12.4 Å². The Hall–Kier alpha value is -3.90. The number of pyridine rings is 2. The molecular weight excluding hydrogens is 538 g/mol. The van der Waals surface area contributed by atoms with Gasteiger partial charge in [-0.25, -0.2) is 4.98 Å². The first-order chi connectivity index (χ1) is 19.6. The van der Waals surface area contributed by atoms with Gasteiger partial charge in [-0.2, -0.15) is 5.26 Å². The highest BCUT2D eigenvalue weighted by atomic mass is 35.5. The van der Waals surface area contributed by atoms with Crippen LogP contribution in [0, 0.1) is 11.3 Å². The summed E-state index contributed by atoms with van der Waals surface area (Å²) in [5, 5.41) is 15.6. The number of nitrogens with one attached hydrogen (secondary N) is 1. The fraction of sp³-hybridized carbons (Fsp3) is 0.226. The van der Waals surface area contributed by atoms with E-state index in [-0.39, 0.29) is 0 Å². The summed E-state index contributed by atoms with van der Waals surface area (Å²) in [6.45, 7) is 3.21. The van der Waals surface area contributed by atoms with E-state index in [0.29, 0.717) is 16.3 Å². The summed E-state index contributed by atoms with van der Waals surface area (Å²) in [5.41, 5.74) is 5.92. The summed E-state index contributed by atoms with van der Waals surface area (Å²) in [6, 6.07) is 18.4. The molecule has 0 radical (unpaired) electrons. The van der Waals surface area contributed by atoms with Gasteiger partial charge < -0.3 is 9.88 Å². The van der Waals surface area contributed by atoms with Gasteiger partial charge in [0.2, 0.25) is 0 Å². The van der Waals surface area contributed by atoms with Crippen LogP contribution >= 0.6 is 23.4 Å². The largest absolute Gasteiger partial charge is 0.354 e. The predicted octanol–water partition coefficient (Wildman–Crippen LogP) is 7.44. The number of likely N-dealkylation sites (tertiary alicyclic amines) is 1. The molecule has 6 rings (SSSR count). The number of hydrogen-bond donors (Lipinski definition) is 1. The van der Waals surface area contributed by atoms with Crippen molar-refractivity contribution in [2.45, 2.75) is 35.9 Å². The molecule has 200 valence electrons. The van der Waals surface area contributed by atoms with Crippen molar-refractivity contribution < 1.29 is 0 Å². The van der Waals surface area contributed by atoms with E-state index in [2.05, 4.69) is 44.5 Å². The van der Waals surface area contributed by atoms with Crippen molar-refractivity contribution in [1.29, 1.82) is 5.26 Å². The van der Waals surface area contributed by atoms with Crippen LogP contribution in [0.4, 0.5) is 11.4 Å². The predicted molar refractivity (Wildman–Crippen MR) is 161 cm³/mol. The summed E-state index contributed by atoms with van der Waals surface area (Å²) >= 11 is 8.13. The fourth-order valence-electron chi connectivity index (χ4n) is 4.98. The third-order valence-corrected chi connectivity index (χ3v) is 8.74. The van der Waals surface area contributed by atoms with Gasteiger partial charge in [-0.15, -0.1) is 0 Å². The fourth-order valence-corrected chi connectivity index (χ4v) is 6.09. The average molecular weight is 566 g/mol. The number of piperidine rings is 1. The van der Waals surface area contributed by atoms with Gasteiger partial charge in [0.15, 0.2) is 5.16 Å². The number of nitriles is 1. The van der Waals surface area contributed by atoms with Gasteiger partial charge >= 0.3 is 0 Å². The SMILES string of the molecule is Cn1ccnc1Sc1ccc(Nc2c(C#N)cnc3cc(-c4ccc(CN5CCCCC5)nc4)ccc23)cc1Cl. The molecule has 5 aromatic rings. The molecule has 1 N–H and O–H groups in total. The monoisotopic (exact) mass is 565 g/mol. The molecule has 0 amide bonds. The number of anilines is 2. The lowest BCUT2D eigenvalue weighted by molar-refractivity contribution is 0.218. The van der Waals surface area contributed by atoms with Gasteiger partial charge in [-0.3, -0.25) is 14.9 Å². The molecule has 2 aromatic carbocycles. The summed E-state index contributed by atoms with van der Waals surface area (Å²) in [4.78, 5) is 17.1. The maximum absolute atomic E-state index is 9.82. The van der Waals surface area contributed by atoms with Crippen LogP contribution in [-0.4, -0.2) is 37.5 Å². The zero-order valence-electron chi connectivity index (χ0n) is 22.1. The Morgan fingerprint density at radius 3 is 2.55 bits per heavy atom. The normalized spacial score (nSPS) is 13.8. The molecule has 1 aliphatic heterocycles. The van der Waals surface area contributed by atoms with E-state index < -0.39 is 0 Å². The number of imidazole rings is 1. The smallest absolute Gasteiger partial charge is 0.172 e. The first-order valence-corrected chi connectivity index (χ1v) is 14.5. The van der Waals surface area contributed by atoms with E-state index in [0.717, 1.165) is 63.1 Å². The molecular formula is C31H28ClN7S. The molecule has 7 nitrogen and oxygen atoms in total. The second-order valence-electron chi connectivity index (χ2n) is 9.96. The van der Waals surface area contributed by atoms with Crippen molar-refractivity contribution in [3.8, 4) is 17.2 Å². The van der Waals surface area contributed by atoms with E-state index in [9.17, 15) is 5.26 Å². The number of nitrogens with zero attached hydrogens (tertiary/aromatic N) is 6. The number of benzene rings is 2. The highest BCUT2D eigenvalue weighted by Crippen LogP contribution is 2.36. The van der Waals surface area contributed by atoms with Crippen LogP contribution in [0.3, 0.4) is 0 Å². The number of aryl methyl sites for hydroxylation is 1. The van der Waals surface area contributed by atoms with Crippen molar-refractivity contribution in [2.24, 2.45) is 7.05 Å². The Morgan fingerprint density at radius 1 is 0.975 bits per heavy atom. The quantitative estimate of drug-likeness (QED) is 0.219. The molecule has 0 spiro atoms. The van der Waals surface area contributed by atoms with Crippen molar-refractivity contribution in [1.82, 2.24) is 24.4 Å². The van der Waals surface area contributed by atoms with Crippen LogP contribution < -0.4 is 5.32 Å². The minimum atomic E-state index is 0.464. The number of halogens is 1. The Morgan fingerprint density at radius 2 is 1.82 bits per heavy atom. The first-order valence-electron chi connectivity index (χ1n) is 13.3. The number of aromatic nitrogens is 4. The van der Waals surface area contributed by atoms with Crippen LogP contribution in [0.25, 0.3) is 22.0 Å². The Labute approximate surface area is 242 Å². The van der Waals surface area contributed by atoms with Gasteiger partial charge in [-0.05, 0) is 61.8 Å². The molecule has 1 fully saturated rings. The maximum atomic E-state index is 9.82. The molecule has 0 unspecified atom stereocenters. The van der Waals surface area contributed by atoms with Gasteiger partial charge in [0.05, 0.1) is 27.5 Å². The molecule has 3 aromatic heterocycles. The minimum Gasteiger partial charge on any atom is -0.354 e. The van der Waals surface area contributed by atoms with Crippen LogP contribution in [-0.2, 0) is 13.6 Å². The maximum Gasteiger partial charge on any atom is 0.172 e. The molecule has 0 bridgehead atoms. The second-order valence-corrected chi connectivity index (χ2v) is 11.4.